The van der Waals surface area contributed by atoms with Gasteiger partial charge in [0.1, 0.15) is 0 Å². The molecule has 0 heterocycles. The molecule has 0 fully saturated rings. The second kappa shape index (κ2) is 10.6. The van der Waals surface area contributed by atoms with Crippen molar-refractivity contribution < 1.29 is 14.3 Å². The van der Waals surface area contributed by atoms with Crippen molar-refractivity contribution in [3.63, 3.8) is 0 Å². The highest BCUT2D eigenvalue weighted by Crippen LogP contribution is 2.45. The molecule has 0 unspecified atom stereocenters. The van der Waals surface area contributed by atoms with E-state index in [0.717, 1.165) is 24.0 Å². The number of carbonyl (C=O) groups is 2. The van der Waals surface area contributed by atoms with Gasteiger partial charge in [0.15, 0.2) is 0 Å². The van der Waals surface area contributed by atoms with Crippen LogP contribution in [0, 0.1) is 0 Å². The van der Waals surface area contributed by atoms with E-state index in [-0.39, 0.29) is 22.8 Å². The summed E-state index contributed by atoms with van der Waals surface area (Å²) in [5, 5.41) is 5.68. The highest BCUT2D eigenvalue weighted by molar-refractivity contribution is 5.90. The summed E-state index contributed by atoms with van der Waals surface area (Å²) >= 11 is 0. The molecule has 2 N–H and O–H groups in total. The fourth-order valence-electron chi connectivity index (χ4n) is 4.77. The van der Waals surface area contributed by atoms with Crippen LogP contribution in [0.5, 0.6) is 0 Å². The van der Waals surface area contributed by atoms with Crippen LogP contribution in [0.2, 0.25) is 0 Å². The fraction of sp³-hybridized carbons (Fsp3) is 0.355. The van der Waals surface area contributed by atoms with Crippen molar-refractivity contribution in [2.45, 2.75) is 64.3 Å². The number of fused-ring (bicyclic) bond motifs is 1. The highest BCUT2D eigenvalue weighted by Gasteiger charge is 2.37. The van der Waals surface area contributed by atoms with E-state index in [9.17, 15) is 9.59 Å². The van der Waals surface area contributed by atoms with Gasteiger partial charge in [0, 0.05) is 18.7 Å². The number of hydrogen-bond donors (Lipinski definition) is 2. The average Bonchev–Trinajstić information content (AvgIpc) is 2.87. The Kier molecular flexibility index (Phi) is 7.48. The van der Waals surface area contributed by atoms with Gasteiger partial charge >= 0.3 is 12.0 Å². The Hall–Kier alpha value is -3.60. The molecule has 0 bridgehead atoms. The van der Waals surface area contributed by atoms with E-state index in [1.165, 1.54) is 11.1 Å². The molecule has 5 nitrogen and oxygen atoms in total. The third-order valence-electron chi connectivity index (χ3n) is 7.22. The van der Waals surface area contributed by atoms with Crippen LogP contribution in [-0.4, -0.2) is 18.6 Å². The third-order valence-corrected chi connectivity index (χ3v) is 7.22. The Morgan fingerprint density at radius 1 is 0.806 bits per heavy atom. The Balaban J connectivity index is 1.27. The molecule has 5 heteroatoms. The molecule has 188 valence electrons. The predicted molar refractivity (Wildman–Crippen MR) is 144 cm³/mol. The van der Waals surface area contributed by atoms with E-state index in [4.69, 9.17) is 4.74 Å². The van der Waals surface area contributed by atoms with Crippen LogP contribution in [0.1, 0.15) is 73.1 Å². The van der Waals surface area contributed by atoms with Gasteiger partial charge in [-0.2, -0.15) is 0 Å². The first-order valence-corrected chi connectivity index (χ1v) is 12.6. The van der Waals surface area contributed by atoms with Gasteiger partial charge in [-0.05, 0) is 70.2 Å². The van der Waals surface area contributed by atoms with Crippen molar-refractivity contribution in [3.05, 3.63) is 101 Å². The van der Waals surface area contributed by atoms with E-state index >= 15 is 0 Å². The van der Waals surface area contributed by atoms with Crippen molar-refractivity contribution in [3.8, 4) is 0 Å². The van der Waals surface area contributed by atoms with Crippen LogP contribution in [0.4, 0.5) is 10.5 Å². The van der Waals surface area contributed by atoms with Crippen LogP contribution >= 0.6 is 0 Å². The van der Waals surface area contributed by atoms with E-state index in [1.54, 1.807) is 0 Å². The van der Waals surface area contributed by atoms with E-state index < -0.39 is 0 Å². The smallest absolute Gasteiger partial charge is 0.338 e. The fourth-order valence-corrected chi connectivity index (χ4v) is 4.77. The molecular formula is C31H36N2O3. The maximum atomic E-state index is 12.8. The number of rotatable bonds is 7. The van der Waals surface area contributed by atoms with E-state index in [1.807, 2.05) is 66.7 Å². The quantitative estimate of drug-likeness (QED) is 0.364. The summed E-state index contributed by atoms with van der Waals surface area (Å²) in [7, 11) is 0. The molecule has 4 rings (SSSR count). The molecule has 0 spiro atoms. The summed E-state index contributed by atoms with van der Waals surface area (Å²) in [5.74, 6) is -0.287. The lowest BCUT2D eigenvalue weighted by Gasteiger charge is -2.41. The molecule has 0 atom stereocenters. The number of amides is 2. The Labute approximate surface area is 214 Å². The molecule has 1 aliphatic rings. The largest absolute Gasteiger partial charge is 0.462 e. The monoisotopic (exact) mass is 484 g/mol. The molecule has 0 radical (unpaired) electrons. The summed E-state index contributed by atoms with van der Waals surface area (Å²) in [6.45, 7) is 9.82. The second-order valence-corrected chi connectivity index (χ2v) is 10.9. The van der Waals surface area contributed by atoms with Gasteiger partial charge in [-0.15, -0.1) is 0 Å². The van der Waals surface area contributed by atoms with Gasteiger partial charge in [-0.1, -0.05) is 76.2 Å². The normalized spacial score (nSPS) is 15.4. The molecule has 0 aliphatic heterocycles. The lowest BCUT2D eigenvalue weighted by Crippen LogP contribution is -2.34. The molecule has 3 aromatic carbocycles. The summed E-state index contributed by atoms with van der Waals surface area (Å²) in [4.78, 5) is 24.9. The van der Waals surface area contributed by atoms with Gasteiger partial charge in [0.2, 0.25) is 0 Å². The number of hydrogen-bond acceptors (Lipinski definition) is 3. The molecule has 0 saturated carbocycles. The van der Waals surface area contributed by atoms with Crippen molar-refractivity contribution in [1.82, 2.24) is 5.32 Å². The lowest BCUT2D eigenvalue weighted by atomic mass is 9.63. The van der Waals surface area contributed by atoms with E-state index in [0.29, 0.717) is 30.8 Å². The number of nitrogens with one attached hydrogen (secondary N) is 2. The molecule has 36 heavy (non-hydrogen) atoms. The Morgan fingerprint density at radius 2 is 1.47 bits per heavy atom. The minimum absolute atomic E-state index is 0.0510. The number of anilines is 1. The van der Waals surface area contributed by atoms with Crippen LogP contribution in [-0.2, 0) is 28.5 Å². The van der Waals surface area contributed by atoms with Gasteiger partial charge < -0.3 is 15.4 Å². The first-order valence-electron chi connectivity index (χ1n) is 12.6. The first kappa shape index (κ1) is 25.5. The summed E-state index contributed by atoms with van der Waals surface area (Å²) in [6, 6.07) is 23.1. The minimum atomic E-state index is -0.287. The minimum Gasteiger partial charge on any atom is -0.462 e. The zero-order chi connectivity index (χ0) is 25.8. The Bertz CT molecular complexity index is 1210. The number of urea groups is 1. The standard InChI is InChI=1S/C31H36N2O3/c1-30(2)17-18-31(3,4)27-20-24(12-15-26(27)30)28(34)36-19-16-22-10-13-25(14-11-22)33-29(35)32-21-23-8-6-5-7-9-23/h5-15,20H,16-19,21H2,1-4H3,(H2,32,33,35). The number of benzene rings is 3. The first-order chi connectivity index (χ1) is 17.1. The van der Waals surface area contributed by atoms with Crippen molar-refractivity contribution in [1.29, 1.82) is 0 Å². The maximum absolute atomic E-state index is 12.8. The zero-order valence-electron chi connectivity index (χ0n) is 21.7. The number of carbonyl (C=O) groups excluding carboxylic acids is 2. The number of esters is 1. The van der Waals surface area contributed by atoms with Gasteiger partial charge in [-0.3, -0.25) is 0 Å². The SMILES string of the molecule is CC1(C)CCC(C)(C)c2cc(C(=O)OCCc3ccc(NC(=O)NCc4ccccc4)cc3)ccc21. The molecular weight excluding hydrogens is 448 g/mol. The van der Waals surface area contributed by atoms with E-state index in [2.05, 4.69) is 44.4 Å². The molecule has 0 aromatic heterocycles. The van der Waals surface area contributed by atoms with Crippen LogP contribution in [0.25, 0.3) is 0 Å². The summed E-state index contributed by atoms with van der Waals surface area (Å²) in [5.41, 5.74) is 6.15. The molecule has 3 aromatic rings. The third kappa shape index (κ3) is 6.14. The number of ether oxygens (including phenoxy) is 1. The van der Waals surface area contributed by atoms with Crippen LogP contribution in [0.15, 0.2) is 72.8 Å². The van der Waals surface area contributed by atoms with Crippen molar-refractivity contribution in [2.24, 2.45) is 0 Å². The average molecular weight is 485 g/mol. The van der Waals surface area contributed by atoms with Gasteiger partial charge in [0.05, 0.1) is 12.2 Å². The zero-order valence-corrected chi connectivity index (χ0v) is 21.7. The van der Waals surface area contributed by atoms with Crippen LogP contribution < -0.4 is 10.6 Å². The summed E-state index contributed by atoms with van der Waals surface area (Å²) in [6.07, 6.45) is 2.85. The second-order valence-electron chi connectivity index (χ2n) is 10.9. The van der Waals surface area contributed by atoms with Crippen molar-refractivity contribution >= 4 is 17.7 Å². The molecule has 0 saturated heterocycles. The maximum Gasteiger partial charge on any atom is 0.338 e. The van der Waals surface area contributed by atoms with Crippen molar-refractivity contribution in [2.75, 3.05) is 11.9 Å². The predicted octanol–water partition coefficient (Wildman–Crippen LogP) is 6.76. The lowest BCUT2D eigenvalue weighted by molar-refractivity contribution is 0.0509. The topological polar surface area (TPSA) is 67.4 Å². The molecule has 2 amide bonds. The van der Waals surface area contributed by atoms with Gasteiger partial charge in [-0.25, -0.2) is 9.59 Å². The highest BCUT2D eigenvalue weighted by atomic mass is 16.5. The molecule has 1 aliphatic carbocycles. The summed E-state index contributed by atoms with van der Waals surface area (Å²) < 4.78 is 5.59. The van der Waals surface area contributed by atoms with Gasteiger partial charge in [0.25, 0.3) is 0 Å². The van der Waals surface area contributed by atoms with Crippen LogP contribution in [0.3, 0.4) is 0 Å². The Morgan fingerprint density at radius 3 is 2.17 bits per heavy atom.